The van der Waals surface area contributed by atoms with Crippen LogP contribution in [0, 0.1) is 0 Å². The third kappa shape index (κ3) is 5.90. The third-order valence-electron chi connectivity index (χ3n) is 4.87. The van der Waals surface area contributed by atoms with Crippen molar-refractivity contribution in [3.63, 3.8) is 0 Å². The van der Waals surface area contributed by atoms with E-state index in [1.165, 1.54) is 24.3 Å². The van der Waals surface area contributed by atoms with Crippen LogP contribution >= 0.6 is 0 Å². The Labute approximate surface area is 176 Å². The van der Waals surface area contributed by atoms with E-state index < -0.39 is 13.2 Å². The molecule has 0 bridgehead atoms. The minimum absolute atomic E-state index is 0.110. The van der Waals surface area contributed by atoms with Crippen LogP contribution < -0.4 is 14.2 Å². The van der Waals surface area contributed by atoms with Gasteiger partial charge in [0.1, 0.15) is 17.2 Å². The Kier molecular flexibility index (Phi) is 7.38. The summed E-state index contributed by atoms with van der Waals surface area (Å²) >= 11 is 0. The lowest BCUT2D eigenvalue weighted by Crippen LogP contribution is -2.28. The van der Waals surface area contributed by atoms with Gasteiger partial charge in [-0.1, -0.05) is 12.1 Å². The summed E-state index contributed by atoms with van der Waals surface area (Å²) in [7, 11) is 1.57. The van der Waals surface area contributed by atoms with Crippen LogP contribution in [0.5, 0.6) is 17.2 Å². The third-order valence-corrected chi connectivity index (χ3v) is 4.87. The van der Waals surface area contributed by atoms with Gasteiger partial charge in [-0.15, -0.1) is 0 Å². The second kappa shape index (κ2) is 10.2. The van der Waals surface area contributed by atoms with Crippen molar-refractivity contribution in [3.05, 3.63) is 59.7 Å². The molecule has 2 aromatic carbocycles. The van der Waals surface area contributed by atoms with Crippen LogP contribution in [0.1, 0.15) is 30.0 Å². The highest BCUT2D eigenvalue weighted by Crippen LogP contribution is 2.33. The van der Waals surface area contributed by atoms with Gasteiger partial charge in [0, 0.05) is 24.3 Å². The van der Waals surface area contributed by atoms with Gasteiger partial charge in [0.25, 0.3) is 0 Å². The van der Waals surface area contributed by atoms with E-state index in [1.54, 1.807) is 12.0 Å². The summed E-state index contributed by atoms with van der Waals surface area (Å²) < 4.78 is 63.9. The van der Waals surface area contributed by atoms with E-state index in [4.69, 9.17) is 4.74 Å². The predicted molar refractivity (Wildman–Crippen MR) is 105 cm³/mol. The standard InChI is InChI=1S/C22H21F4NO4/c1-29-16-8-4-14(5-9-16)18-3-2-12-27(18)20(28)11-7-15-6-10-17(30-21(23)24)13-19(15)31-22(25)26/h4-11,13,18,21-22H,2-3,12H2,1H3/b11-7+/t18-/m0/s1. The second-order valence-electron chi connectivity index (χ2n) is 6.75. The van der Waals surface area contributed by atoms with Crippen molar-refractivity contribution in [2.75, 3.05) is 13.7 Å². The van der Waals surface area contributed by atoms with Gasteiger partial charge in [-0.2, -0.15) is 17.6 Å². The van der Waals surface area contributed by atoms with Crippen LogP contribution in [0.3, 0.4) is 0 Å². The van der Waals surface area contributed by atoms with Crippen LogP contribution in [0.4, 0.5) is 17.6 Å². The summed E-state index contributed by atoms with van der Waals surface area (Å²) in [4.78, 5) is 14.5. The lowest BCUT2D eigenvalue weighted by molar-refractivity contribution is -0.126. The first kappa shape index (κ1) is 22.5. The highest BCUT2D eigenvalue weighted by Gasteiger charge is 2.28. The molecule has 1 aliphatic heterocycles. The van der Waals surface area contributed by atoms with Crippen molar-refractivity contribution >= 4 is 12.0 Å². The number of rotatable bonds is 8. The van der Waals surface area contributed by atoms with E-state index in [0.717, 1.165) is 24.5 Å². The van der Waals surface area contributed by atoms with Crippen molar-refractivity contribution in [3.8, 4) is 17.2 Å². The molecule has 1 atom stereocenters. The van der Waals surface area contributed by atoms with E-state index >= 15 is 0 Å². The van der Waals surface area contributed by atoms with Crippen LogP contribution in [-0.2, 0) is 4.79 Å². The molecule has 5 nitrogen and oxygen atoms in total. The molecule has 1 fully saturated rings. The molecule has 9 heteroatoms. The van der Waals surface area contributed by atoms with Gasteiger partial charge in [0.05, 0.1) is 13.2 Å². The Morgan fingerprint density at radius 3 is 2.35 bits per heavy atom. The van der Waals surface area contributed by atoms with Gasteiger partial charge in [0.2, 0.25) is 5.91 Å². The number of halogens is 4. The molecule has 0 unspecified atom stereocenters. The van der Waals surface area contributed by atoms with Gasteiger partial charge in [-0.3, -0.25) is 4.79 Å². The van der Waals surface area contributed by atoms with Gasteiger partial charge >= 0.3 is 13.2 Å². The van der Waals surface area contributed by atoms with E-state index in [1.807, 2.05) is 24.3 Å². The number of ether oxygens (including phenoxy) is 3. The van der Waals surface area contributed by atoms with Crippen molar-refractivity contribution in [2.24, 2.45) is 0 Å². The zero-order valence-corrected chi connectivity index (χ0v) is 16.6. The number of methoxy groups -OCH3 is 1. The molecule has 0 radical (unpaired) electrons. The Morgan fingerprint density at radius 2 is 1.71 bits per heavy atom. The molecule has 31 heavy (non-hydrogen) atoms. The lowest BCUT2D eigenvalue weighted by Gasteiger charge is -2.24. The largest absolute Gasteiger partial charge is 0.497 e. The Hall–Kier alpha value is -3.23. The number of amides is 1. The van der Waals surface area contributed by atoms with Crippen LogP contribution in [-0.4, -0.2) is 37.7 Å². The SMILES string of the molecule is COc1ccc([C@@H]2CCCN2C(=O)/C=C/c2ccc(OC(F)F)cc2OC(F)F)cc1. The number of hydrogen-bond acceptors (Lipinski definition) is 4. The maximum absolute atomic E-state index is 12.8. The highest BCUT2D eigenvalue weighted by molar-refractivity contribution is 5.92. The fourth-order valence-electron chi connectivity index (χ4n) is 3.49. The van der Waals surface area contributed by atoms with E-state index in [-0.39, 0.29) is 29.0 Å². The summed E-state index contributed by atoms with van der Waals surface area (Å²) in [5, 5.41) is 0. The lowest BCUT2D eigenvalue weighted by atomic mass is 10.0. The number of benzene rings is 2. The number of alkyl halides is 4. The van der Waals surface area contributed by atoms with Crippen molar-refractivity contribution in [1.29, 1.82) is 0 Å². The molecule has 0 saturated carbocycles. The molecule has 2 aromatic rings. The fraction of sp³-hybridized carbons (Fsp3) is 0.318. The maximum Gasteiger partial charge on any atom is 0.387 e. The minimum atomic E-state index is -3.16. The normalized spacial score (nSPS) is 16.4. The Balaban J connectivity index is 1.77. The molecule has 1 aliphatic rings. The van der Waals surface area contributed by atoms with Crippen LogP contribution in [0.2, 0.25) is 0 Å². The molecule has 1 amide bonds. The zero-order chi connectivity index (χ0) is 22.4. The van der Waals surface area contributed by atoms with Crippen molar-refractivity contribution < 1.29 is 36.6 Å². The summed E-state index contributed by atoms with van der Waals surface area (Å²) in [6.07, 6.45) is 4.19. The summed E-state index contributed by atoms with van der Waals surface area (Å²) in [6.45, 7) is -5.71. The molecule has 166 valence electrons. The minimum Gasteiger partial charge on any atom is -0.497 e. The summed E-state index contributed by atoms with van der Waals surface area (Å²) in [6, 6.07) is 10.7. The Bertz CT molecular complexity index is 918. The summed E-state index contributed by atoms with van der Waals surface area (Å²) in [5.41, 5.74) is 1.10. The monoisotopic (exact) mass is 439 g/mol. The molecule has 0 spiro atoms. The topological polar surface area (TPSA) is 48.0 Å². The van der Waals surface area contributed by atoms with Gasteiger partial charge < -0.3 is 19.1 Å². The van der Waals surface area contributed by atoms with Gasteiger partial charge in [-0.25, -0.2) is 0 Å². The average molecular weight is 439 g/mol. The Morgan fingerprint density at radius 1 is 1.03 bits per heavy atom. The van der Waals surface area contributed by atoms with E-state index in [2.05, 4.69) is 9.47 Å². The summed E-state index contributed by atoms with van der Waals surface area (Å²) in [5.74, 6) is -0.280. The molecule has 1 heterocycles. The molecule has 0 aliphatic carbocycles. The first-order chi connectivity index (χ1) is 14.9. The zero-order valence-electron chi connectivity index (χ0n) is 16.6. The number of carbonyl (C=O) groups is 1. The molecule has 1 saturated heterocycles. The van der Waals surface area contributed by atoms with Crippen molar-refractivity contribution in [2.45, 2.75) is 32.1 Å². The molecule has 0 N–H and O–H groups in total. The maximum atomic E-state index is 12.8. The van der Waals surface area contributed by atoms with E-state index in [0.29, 0.717) is 12.3 Å². The second-order valence-corrected chi connectivity index (χ2v) is 6.75. The fourth-order valence-corrected chi connectivity index (χ4v) is 3.49. The van der Waals surface area contributed by atoms with Gasteiger partial charge in [-0.05, 0) is 48.7 Å². The first-order valence-electron chi connectivity index (χ1n) is 9.53. The molecule has 0 aromatic heterocycles. The number of nitrogens with zero attached hydrogens (tertiary/aromatic N) is 1. The van der Waals surface area contributed by atoms with E-state index in [9.17, 15) is 22.4 Å². The van der Waals surface area contributed by atoms with Crippen LogP contribution in [0.25, 0.3) is 6.08 Å². The van der Waals surface area contributed by atoms with Gasteiger partial charge in [0.15, 0.2) is 0 Å². The quantitative estimate of drug-likeness (QED) is 0.415. The highest BCUT2D eigenvalue weighted by atomic mass is 19.3. The van der Waals surface area contributed by atoms with Crippen molar-refractivity contribution in [1.82, 2.24) is 4.90 Å². The predicted octanol–water partition coefficient (Wildman–Crippen LogP) is 5.27. The first-order valence-corrected chi connectivity index (χ1v) is 9.53. The molecular formula is C22H21F4NO4. The number of likely N-dealkylation sites (tertiary alicyclic amines) is 1. The smallest absolute Gasteiger partial charge is 0.387 e. The molecule has 3 rings (SSSR count). The molecular weight excluding hydrogens is 418 g/mol. The van der Waals surface area contributed by atoms with Crippen LogP contribution in [0.15, 0.2) is 48.5 Å². The average Bonchev–Trinajstić information content (AvgIpc) is 3.22. The number of hydrogen-bond donors (Lipinski definition) is 0. The number of carbonyl (C=O) groups excluding carboxylic acids is 1.